The van der Waals surface area contributed by atoms with Gasteiger partial charge in [0.25, 0.3) is 0 Å². The van der Waals surface area contributed by atoms with E-state index < -0.39 is 0 Å². The van der Waals surface area contributed by atoms with Crippen LogP contribution in [0.4, 0.5) is 0 Å². The summed E-state index contributed by atoms with van der Waals surface area (Å²) in [7, 11) is 2.07. The third kappa shape index (κ3) is 3.92. The topological polar surface area (TPSA) is 46.4 Å². The van der Waals surface area contributed by atoms with Gasteiger partial charge in [0.05, 0.1) is 19.8 Å². The Hall–Kier alpha value is -1.76. The second kappa shape index (κ2) is 7.23. The Morgan fingerprint density at radius 1 is 1.16 bits per heavy atom. The molecule has 1 spiro atoms. The number of likely N-dealkylation sites (tertiary alicyclic amines) is 1. The summed E-state index contributed by atoms with van der Waals surface area (Å²) in [6, 6.07) is 4.18. The summed E-state index contributed by atoms with van der Waals surface area (Å²) in [4.78, 5) is 13.8. The highest BCUT2D eigenvalue weighted by atomic mass is 16.5. The van der Waals surface area contributed by atoms with Gasteiger partial charge in [-0.3, -0.25) is 14.8 Å². The molecule has 4 rings (SSSR count). The first-order chi connectivity index (χ1) is 12.2. The molecule has 2 aromatic heterocycles. The summed E-state index contributed by atoms with van der Waals surface area (Å²) in [5, 5.41) is 0. The highest BCUT2D eigenvalue weighted by Crippen LogP contribution is 2.34. The molecule has 134 valence electrons. The number of aromatic nitrogens is 3. The van der Waals surface area contributed by atoms with Crippen LogP contribution in [0.1, 0.15) is 17.8 Å². The van der Waals surface area contributed by atoms with E-state index in [9.17, 15) is 0 Å². The van der Waals surface area contributed by atoms with Crippen LogP contribution in [-0.2, 0) is 24.9 Å². The summed E-state index contributed by atoms with van der Waals surface area (Å²) >= 11 is 0. The fourth-order valence-corrected chi connectivity index (χ4v) is 4.12. The minimum Gasteiger partial charge on any atom is -0.379 e. The summed E-state index contributed by atoms with van der Waals surface area (Å²) in [5.41, 5.74) is 1.52. The molecule has 6 nitrogen and oxygen atoms in total. The van der Waals surface area contributed by atoms with E-state index in [-0.39, 0.29) is 5.41 Å². The first-order valence-electron chi connectivity index (χ1n) is 9.10. The van der Waals surface area contributed by atoms with Crippen molar-refractivity contribution in [1.82, 2.24) is 24.3 Å². The van der Waals surface area contributed by atoms with E-state index >= 15 is 0 Å². The number of pyridine rings is 1. The monoisotopic (exact) mass is 341 g/mol. The Morgan fingerprint density at radius 2 is 2.04 bits per heavy atom. The average molecular weight is 341 g/mol. The van der Waals surface area contributed by atoms with Gasteiger partial charge in [-0.1, -0.05) is 6.07 Å². The van der Waals surface area contributed by atoms with Gasteiger partial charge < -0.3 is 9.30 Å². The van der Waals surface area contributed by atoms with Crippen molar-refractivity contribution in [1.29, 1.82) is 0 Å². The molecule has 2 aliphatic rings. The fourth-order valence-electron chi connectivity index (χ4n) is 4.12. The highest BCUT2D eigenvalue weighted by molar-refractivity contribution is 5.08. The van der Waals surface area contributed by atoms with Crippen molar-refractivity contribution in [3.05, 3.63) is 48.3 Å². The lowest BCUT2D eigenvalue weighted by Gasteiger charge is -2.32. The van der Waals surface area contributed by atoms with Crippen LogP contribution < -0.4 is 0 Å². The van der Waals surface area contributed by atoms with Crippen molar-refractivity contribution in [2.45, 2.75) is 19.5 Å². The van der Waals surface area contributed by atoms with Crippen molar-refractivity contribution in [3.8, 4) is 0 Å². The van der Waals surface area contributed by atoms with E-state index in [1.165, 1.54) is 12.0 Å². The molecule has 4 heterocycles. The molecular formula is C19H27N5O. The molecule has 0 aliphatic carbocycles. The number of nitrogens with zero attached hydrogens (tertiary/aromatic N) is 5. The van der Waals surface area contributed by atoms with Gasteiger partial charge in [-0.15, -0.1) is 0 Å². The normalized spacial score (nSPS) is 25.5. The van der Waals surface area contributed by atoms with Gasteiger partial charge in [0.2, 0.25) is 0 Å². The Labute approximate surface area is 149 Å². The Morgan fingerprint density at radius 3 is 2.80 bits per heavy atom. The molecule has 0 radical (unpaired) electrons. The molecule has 0 amide bonds. The zero-order valence-electron chi connectivity index (χ0n) is 15.0. The molecule has 25 heavy (non-hydrogen) atoms. The third-order valence-corrected chi connectivity index (χ3v) is 5.45. The molecule has 0 N–H and O–H groups in total. The lowest BCUT2D eigenvalue weighted by atomic mass is 9.87. The lowest BCUT2D eigenvalue weighted by molar-refractivity contribution is 0.0703. The molecular weight excluding hydrogens is 314 g/mol. The van der Waals surface area contributed by atoms with Gasteiger partial charge in [-0.05, 0) is 24.6 Å². The summed E-state index contributed by atoms with van der Waals surface area (Å²) in [6.07, 6.45) is 8.90. The zero-order valence-corrected chi connectivity index (χ0v) is 15.0. The number of hydrogen-bond donors (Lipinski definition) is 0. The standard InChI is InChI=1S/C19H27N5O/c1-22-8-6-21-18(22)13-23-7-4-19(14-23)15-24(9-10-25-16-19)12-17-3-2-5-20-11-17/h2-3,5-6,8,11H,4,7,9-10,12-16H2,1H3/t19-/m1/s1. The maximum atomic E-state index is 6.00. The first kappa shape index (κ1) is 16.7. The second-order valence-electron chi connectivity index (χ2n) is 7.54. The maximum Gasteiger partial charge on any atom is 0.122 e. The molecule has 0 saturated carbocycles. The summed E-state index contributed by atoms with van der Waals surface area (Å²) in [5.74, 6) is 1.14. The van der Waals surface area contributed by atoms with Crippen LogP contribution in [0.3, 0.4) is 0 Å². The van der Waals surface area contributed by atoms with Crippen LogP contribution in [-0.4, -0.2) is 63.7 Å². The lowest BCUT2D eigenvalue weighted by Crippen LogP contribution is -2.40. The van der Waals surface area contributed by atoms with Crippen LogP contribution in [0.15, 0.2) is 36.9 Å². The molecule has 2 fully saturated rings. The summed E-state index contributed by atoms with van der Waals surface area (Å²) < 4.78 is 8.12. The number of ether oxygens (including phenoxy) is 1. The van der Waals surface area contributed by atoms with E-state index in [0.717, 1.165) is 58.3 Å². The predicted molar refractivity (Wildman–Crippen MR) is 95.9 cm³/mol. The van der Waals surface area contributed by atoms with Crippen molar-refractivity contribution in [3.63, 3.8) is 0 Å². The largest absolute Gasteiger partial charge is 0.379 e. The predicted octanol–water partition coefficient (Wildman–Crippen LogP) is 1.54. The van der Waals surface area contributed by atoms with Gasteiger partial charge in [-0.25, -0.2) is 4.98 Å². The first-order valence-corrected chi connectivity index (χ1v) is 9.10. The van der Waals surface area contributed by atoms with Gasteiger partial charge in [0.15, 0.2) is 0 Å². The molecule has 0 bridgehead atoms. The van der Waals surface area contributed by atoms with Crippen LogP contribution in [0.5, 0.6) is 0 Å². The average Bonchev–Trinajstić information content (AvgIpc) is 3.13. The SMILES string of the molecule is Cn1ccnc1CN1CC[C@@]2(COCCN(Cc3cccnc3)C2)C1. The minimum absolute atomic E-state index is 0.240. The molecule has 2 aliphatic heterocycles. The van der Waals surface area contributed by atoms with Crippen molar-refractivity contribution < 1.29 is 4.74 Å². The molecule has 1 atom stereocenters. The van der Waals surface area contributed by atoms with Crippen LogP contribution in [0.25, 0.3) is 0 Å². The summed E-state index contributed by atoms with van der Waals surface area (Å²) in [6.45, 7) is 7.87. The van der Waals surface area contributed by atoms with Gasteiger partial charge in [0.1, 0.15) is 5.82 Å². The fraction of sp³-hybridized carbons (Fsp3) is 0.579. The number of aryl methyl sites for hydroxylation is 1. The molecule has 6 heteroatoms. The van der Waals surface area contributed by atoms with E-state index in [0.29, 0.717) is 0 Å². The van der Waals surface area contributed by atoms with E-state index in [1.807, 2.05) is 30.9 Å². The molecule has 0 unspecified atom stereocenters. The highest BCUT2D eigenvalue weighted by Gasteiger charge is 2.41. The van der Waals surface area contributed by atoms with Gasteiger partial charge in [-0.2, -0.15) is 0 Å². The minimum atomic E-state index is 0.240. The Balaban J connectivity index is 1.41. The van der Waals surface area contributed by atoms with E-state index in [2.05, 4.69) is 37.4 Å². The van der Waals surface area contributed by atoms with Crippen molar-refractivity contribution >= 4 is 0 Å². The van der Waals surface area contributed by atoms with Crippen LogP contribution >= 0.6 is 0 Å². The Kier molecular flexibility index (Phi) is 4.83. The third-order valence-electron chi connectivity index (χ3n) is 5.45. The van der Waals surface area contributed by atoms with E-state index in [1.54, 1.807) is 0 Å². The van der Waals surface area contributed by atoms with Crippen molar-refractivity contribution in [2.24, 2.45) is 12.5 Å². The second-order valence-corrected chi connectivity index (χ2v) is 7.54. The number of hydrogen-bond acceptors (Lipinski definition) is 5. The number of imidazole rings is 1. The van der Waals surface area contributed by atoms with Gasteiger partial charge in [0, 0.05) is 63.4 Å². The number of rotatable bonds is 4. The molecule has 2 aromatic rings. The van der Waals surface area contributed by atoms with Crippen molar-refractivity contribution in [2.75, 3.05) is 39.4 Å². The van der Waals surface area contributed by atoms with Crippen LogP contribution in [0, 0.1) is 5.41 Å². The quantitative estimate of drug-likeness (QED) is 0.844. The van der Waals surface area contributed by atoms with E-state index in [4.69, 9.17) is 4.74 Å². The smallest absolute Gasteiger partial charge is 0.122 e. The zero-order chi connectivity index (χ0) is 17.1. The molecule has 0 aromatic carbocycles. The Bertz CT molecular complexity index is 688. The van der Waals surface area contributed by atoms with Crippen LogP contribution in [0.2, 0.25) is 0 Å². The van der Waals surface area contributed by atoms with Gasteiger partial charge >= 0.3 is 0 Å². The molecule has 2 saturated heterocycles. The maximum absolute atomic E-state index is 6.00.